The number of nitrogens with zero attached hydrogens (tertiary/aromatic N) is 2. The van der Waals surface area contributed by atoms with Gasteiger partial charge < -0.3 is 4.90 Å². The van der Waals surface area contributed by atoms with Crippen LogP contribution in [0.15, 0.2) is 0 Å². The van der Waals surface area contributed by atoms with Crippen LogP contribution in [0, 0.1) is 40.9 Å². The highest BCUT2D eigenvalue weighted by molar-refractivity contribution is 5.86. The minimum absolute atomic E-state index is 0.0389. The third-order valence-electron chi connectivity index (χ3n) is 3.76. The fourth-order valence-electron chi connectivity index (χ4n) is 2.69. The molecule has 0 spiro atoms. The van der Waals surface area contributed by atoms with Crippen LogP contribution >= 0.6 is 0 Å². The molecule has 0 radical (unpaired) electrons. The number of rotatable bonds is 4. The van der Waals surface area contributed by atoms with Crippen molar-refractivity contribution in [3.05, 3.63) is 0 Å². The summed E-state index contributed by atoms with van der Waals surface area (Å²) < 4.78 is 0. The Hall–Kier alpha value is -1.48. The molecule has 0 saturated heterocycles. The van der Waals surface area contributed by atoms with E-state index in [0.29, 0.717) is 31.2 Å². The first-order chi connectivity index (χ1) is 8.11. The van der Waals surface area contributed by atoms with Crippen molar-refractivity contribution in [1.82, 2.24) is 4.90 Å². The van der Waals surface area contributed by atoms with E-state index in [1.54, 1.807) is 4.90 Å². The highest BCUT2D eigenvalue weighted by atomic mass is 16.2. The van der Waals surface area contributed by atoms with Gasteiger partial charge in [-0.2, -0.15) is 5.26 Å². The summed E-state index contributed by atoms with van der Waals surface area (Å²) in [5.41, 5.74) is -0.773. The Balaban J connectivity index is 2.04. The molecule has 0 aromatic carbocycles. The van der Waals surface area contributed by atoms with E-state index >= 15 is 0 Å². The maximum Gasteiger partial charge on any atom is 0.243 e. The molecule has 2 rings (SSSR count). The summed E-state index contributed by atoms with van der Waals surface area (Å²) in [6, 6.07) is 2.22. The fourth-order valence-corrected chi connectivity index (χ4v) is 2.69. The van der Waals surface area contributed by atoms with E-state index in [2.05, 4.69) is 18.9 Å². The largest absolute Gasteiger partial charge is 0.330 e. The number of carbonyl (C=O) groups excluding carboxylic acids is 1. The van der Waals surface area contributed by atoms with Crippen LogP contribution in [0.2, 0.25) is 0 Å². The Labute approximate surface area is 103 Å². The average Bonchev–Trinajstić information content (AvgIpc) is 3.07. The van der Waals surface area contributed by atoms with Crippen molar-refractivity contribution in [2.75, 3.05) is 13.1 Å². The van der Waals surface area contributed by atoms with Crippen molar-refractivity contribution in [2.24, 2.45) is 17.3 Å². The zero-order chi connectivity index (χ0) is 12.5. The molecule has 2 saturated carbocycles. The number of nitriles is 1. The molecule has 0 unspecified atom stereocenters. The SMILES string of the molecule is C#CCN(CC1CC1)C(=O)C1(C#N)CC(C)C1. The van der Waals surface area contributed by atoms with Crippen LogP contribution in [0.5, 0.6) is 0 Å². The topological polar surface area (TPSA) is 44.1 Å². The molecule has 90 valence electrons. The van der Waals surface area contributed by atoms with Gasteiger partial charge in [0.05, 0.1) is 12.6 Å². The van der Waals surface area contributed by atoms with Crippen LogP contribution in [0.4, 0.5) is 0 Å². The van der Waals surface area contributed by atoms with Crippen molar-refractivity contribution in [1.29, 1.82) is 5.26 Å². The molecule has 3 nitrogen and oxygen atoms in total. The van der Waals surface area contributed by atoms with Gasteiger partial charge in [0.2, 0.25) is 5.91 Å². The molecule has 0 aromatic heterocycles. The van der Waals surface area contributed by atoms with Gasteiger partial charge in [0, 0.05) is 6.54 Å². The zero-order valence-electron chi connectivity index (χ0n) is 10.3. The highest BCUT2D eigenvalue weighted by Crippen LogP contribution is 2.46. The molecular formula is C14H18N2O. The summed E-state index contributed by atoms with van der Waals surface area (Å²) in [5, 5.41) is 9.24. The molecule has 17 heavy (non-hydrogen) atoms. The summed E-state index contributed by atoms with van der Waals surface area (Å²) in [5.74, 6) is 3.58. The number of hydrogen-bond acceptors (Lipinski definition) is 2. The Kier molecular flexibility index (Phi) is 3.11. The predicted molar refractivity (Wildman–Crippen MR) is 64.6 cm³/mol. The molecule has 3 heteroatoms. The van der Waals surface area contributed by atoms with Crippen molar-refractivity contribution < 1.29 is 4.79 Å². The molecule has 1 amide bonds. The van der Waals surface area contributed by atoms with Crippen LogP contribution in [0.1, 0.15) is 32.6 Å². The Morgan fingerprint density at radius 1 is 1.53 bits per heavy atom. The lowest BCUT2D eigenvalue weighted by Crippen LogP contribution is -2.50. The lowest BCUT2D eigenvalue weighted by Gasteiger charge is -2.42. The quantitative estimate of drug-likeness (QED) is 0.691. The minimum Gasteiger partial charge on any atom is -0.330 e. The van der Waals surface area contributed by atoms with E-state index < -0.39 is 5.41 Å². The van der Waals surface area contributed by atoms with Crippen molar-refractivity contribution in [3.63, 3.8) is 0 Å². The van der Waals surface area contributed by atoms with Gasteiger partial charge >= 0.3 is 0 Å². The Morgan fingerprint density at radius 2 is 2.18 bits per heavy atom. The monoisotopic (exact) mass is 230 g/mol. The molecule has 2 aliphatic carbocycles. The number of terminal acetylenes is 1. The minimum atomic E-state index is -0.773. The lowest BCUT2D eigenvalue weighted by atomic mass is 9.62. The maximum absolute atomic E-state index is 12.4. The predicted octanol–water partition coefficient (Wildman–Crippen LogP) is 1.80. The first-order valence-corrected chi connectivity index (χ1v) is 6.25. The lowest BCUT2D eigenvalue weighted by molar-refractivity contribution is -0.144. The molecule has 2 fully saturated rings. The van der Waals surface area contributed by atoms with Gasteiger partial charge in [0.15, 0.2) is 0 Å². The molecule has 0 aromatic rings. The number of hydrogen-bond donors (Lipinski definition) is 0. The van der Waals surface area contributed by atoms with Gasteiger partial charge in [-0.05, 0) is 37.5 Å². The molecule has 2 aliphatic rings. The zero-order valence-corrected chi connectivity index (χ0v) is 10.3. The maximum atomic E-state index is 12.4. The third-order valence-corrected chi connectivity index (χ3v) is 3.76. The second kappa shape index (κ2) is 4.41. The molecule has 0 bridgehead atoms. The summed E-state index contributed by atoms with van der Waals surface area (Å²) in [7, 11) is 0. The van der Waals surface area contributed by atoms with Crippen molar-refractivity contribution >= 4 is 5.91 Å². The van der Waals surface area contributed by atoms with Crippen LogP contribution in [0.3, 0.4) is 0 Å². The van der Waals surface area contributed by atoms with E-state index in [9.17, 15) is 10.1 Å². The summed E-state index contributed by atoms with van der Waals surface area (Å²) in [6.45, 7) is 3.16. The van der Waals surface area contributed by atoms with Gasteiger partial charge in [0.1, 0.15) is 5.41 Å². The Morgan fingerprint density at radius 3 is 2.59 bits per heavy atom. The van der Waals surface area contributed by atoms with Gasteiger partial charge in [-0.1, -0.05) is 12.8 Å². The van der Waals surface area contributed by atoms with E-state index in [4.69, 9.17) is 6.42 Å². The van der Waals surface area contributed by atoms with Gasteiger partial charge in [-0.15, -0.1) is 6.42 Å². The van der Waals surface area contributed by atoms with Crippen LogP contribution < -0.4 is 0 Å². The van der Waals surface area contributed by atoms with Crippen molar-refractivity contribution in [2.45, 2.75) is 32.6 Å². The number of amides is 1. The third kappa shape index (κ3) is 2.29. The van der Waals surface area contributed by atoms with E-state index in [0.717, 1.165) is 6.54 Å². The van der Waals surface area contributed by atoms with Gasteiger partial charge in [-0.3, -0.25) is 4.79 Å². The van der Waals surface area contributed by atoms with E-state index in [1.807, 2.05) is 0 Å². The molecule has 0 aliphatic heterocycles. The average molecular weight is 230 g/mol. The summed E-state index contributed by atoms with van der Waals surface area (Å²) in [6.07, 6.45) is 9.05. The highest BCUT2D eigenvalue weighted by Gasteiger charge is 2.51. The second-order valence-corrected chi connectivity index (χ2v) is 5.54. The normalized spacial score (nSPS) is 30.9. The second-order valence-electron chi connectivity index (χ2n) is 5.54. The molecule has 0 atom stereocenters. The Bertz CT molecular complexity index is 391. The van der Waals surface area contributed by atoms with Crippen molar-refractivity contribution in [3.8, 4) is 18.4 Å². The first kappa shape index (κ1) is 12.0. The van der Waals surface area contributed by atoms with Crippen LogP contribution in [-0.4, -0.2) is 23.9 Å². The molecular weight excluding hydrogens is 212 g/mol. The van der Waals surface area contributed by atoms with E-state index in [-0.39, 0.29) is 5.91 Å². The fraction of sp³-hybridized carbons (Fsp3) is 0.714. The number of carbonyl (C=O) groups is 1. The van der Waals surface area contributed by atoms with Gasteiger partial charge in [0.25, 0.3) is 0 Å². The standard InChI is InChI=1S/C14H18N2O/c1-3-6-16(9-12-4-5-12)13(17)14(10-15)7-11(2)8-14/h1,11-12H,4-9H2,2H3. The molecule has 0 N–H and O–H groups in total. The van der Waals surface area contributed by atoms with Crippen LogP contribution in [0.25, 0.3) is 0 Å². The van der Waals surface area contributed by atoms with E-state index in [1.165, 1.54) is 12.8 Å². The molecule has 0 heterocycles. The van der Waals surface area contributed by atoms with Crippen LogP contribution in [-0.2, 0) is 4.79 Å². The first-order valence-electron chi connectivity index (χ1n) is 6.25. The smallest absolute Gasteiger partial charge is 0.243 e. The summed E-state index contributed by atoms with van der Waals surface area (Å²) >= 11 is 0. The summed E-state index contributed by atoms with van der Waals surface area (Å²) in [4.78, 5) is 14.1. The van der Waals surface area contributed by atoms with Gasteiger partial charge in [-0.25, -0.2) is 0 Å².